The number of nitrogens with one attached hydrogen (secondary N) is 1. The predicted octanol–water partition coefficient (Wildman–Crippen LogP) is 4.13. The van der Waals surface area contributed by atoms with Crippen molar-refractivity contribution in [3.8, 4) is 22.8 Å². The fourth-order valence-corrected chi connectivity index (χ4v) is 3.92. The van der Waals surface area contributed by atoms with Crippen molar-refractivity contribution in [3.05, 3.63) is 65.4 Å². The first-order valence-electron chi connectivity index (χ1n) is 10.5. The number of carbonyl (C=O) groups excluding carboxylic acids is 1. The van der Waals surface area contributed by atoms with Crippen LogP contribution in [0.2, 0.25) is 0 Å². The van der Waals surface area contributed by atoms with E-state index >= 15 is 0 Å². The zero-order chi connectivity index (χ0) is 23.7. The Morgan fingerprint density at radius 1 is 1.09 bits per heavy atom. The SMILES string of the molecule is COc1cc(C)c(-c2nc3c(N)cccn3c2Nc2c(C)cccc2C)c(OCC(N)=O)c1. The van der Waals surface area contributed by atoms with Crippen LogP contribution in [0.4, 0.5) is 17.2 Å². The monoisotopic (exact) mass is 445 g/mol. The normalized spacial score (nSPS) is 10.9. The number of nitrogens with two attached hydrogens (primary N) is 2. The number of anilines is 3. The lowest BCUT2D eigenvalue weighted by Crippen LogP contribution is -2.20. The van der Waals surface area contributed by atoms with Gasteiger partial charge in [-0.25, -0.2) is 4.98 Å². The number of amides is 1. The molecule has 8 nitrogen and oxygen atoms in total. The molecule has 5 N–H and O–H groups in total. The van der Waals surface area contributed by atoms with Gasteiger partial charge in [0.05, 0.1) is 12.8 Å². The van der Waals surface area contributed by atoms with Crippen LogP contribution in [-0.4, -0.2) is 29.0 Å². The number of carbonyl (C=O) groups is 1. The number of rotatable bonds is 7. The molecule has 0 saturated carbocycles. The highest BCUT2D eigenvalue weighted by Gasteiger charge is 2.23. The van der Waals surface area contributed by atoms with E-state index in [1.165, 1.54) is 0 Å². The molecule has 2 heterocycles. The standard InChI is InChI=1S/C25H27N5O3/c1-14-7-5-8-15(2)22(14)28-25-23(29-24-18(26)9-6-10-30(24)25)21-16(3)11-17(32-4)12-19(21)33-13-20(27)31/h5-12,28H,13,26H2,1-4H3,(H2,27,31). The lowest BCUT2D eigenvalue weighted by Gasteiger charge is -2.17. The summed E-state index contributed by atoms with van der Waals surface area (Å²) in [5, 5.41) is 3.57. The number of hydrogen-bond acceptors (Lipinski definition) is 6. The molecule has 0 bridgehead atoms. The maximum absolute atomic E-state index is 11.4. The molecule has 1 amide bonds. The van der Waals surface area contributed by atoms with E-state index in [2.05, 4.69) is 5.32 Å². The number of para-hydroxylation sites is 1. The molecule has 0 fully saturated rings. The molecule has 0 saturated heterocycles. The summed E-state index contributed by atoms with van der Waals surface area (Å²) >= 11 is 0. The number of pyridine rings is 1. The van der Waals surface area contributed by atoms with Crippen molar-refractivity contribution < 1.29 is 14.3 Å². The zero-order valence-corrected chi connectivity index (χ0v) is 19.1. The molecule has 4 aromatic rings. The van der Waals surface area contributed by atoms with Gasteiger partial charge in [-0.15, -0.1) is 0 Å². The second-order valence-corrected chi connectivity index (χ2v) is 7.93. The Kier molecular flexibility index (Phi) is 5.83. The third-order valence-electron chi connectivity index (χ3n) is 5.52. The van der Waals surface area contributed by atoms with E-state index in [1.54, 1.807) is 19.2 Å². The number of nitrogens with zero attached hydrogens (tertiary/aromatic N) is 2. The van der Waals surface area contributed by atoms with E-state index in [-0.39, 0.29) is 6.61 Å². The summed E-state index contributed by atoms with van der Waals surface area (Å²) < 4.78 is 13.1. The van der Waals surface area contributed by atoms with Crippen LogP contribution in [0.1, 0.15) is 16.7 Å². The van der Waals surface area contributed by atoms with E-state index < -0.39 is 5.91 Å². The summed E-state index contributed by atoms with van der Waals surface area (Å²) in [5.74, 6) is 1.20. The van der Waals surface area contributed by atoms with Crippen LogP contribution in [0, 0.1) is 20.8 Å². The molecule has 4 rings (SSSR count). The number of nitrogen functional groups attached to an aromatic ring is 1. The molecule has 0 spiro atoms. The summed E-state index contributed by atoms with van der Waals surface area (Å²) in [6.45, 7) is 5.76. The lowest BCUT2D eigenvalue weighted by molar-refractivity contribution is -0.119. The van der Waals surface area contributed by atoms with E-state index in [9.17, 15) is 4.79 Å². The Morgan fingerprint density at radius 3 is 2.48 bits per heavy atom. The third kappa shape index (κ3) is 4.15. The molecule has 0 aliphatic rings. The Labute approximate surface area is 192 Å². The number of ether oxygens (including phenoxy) is 2. The predicted molar refractivity (Wildman–Crippen MR) is 130 cm³/mol. The second-order valence-electron chi connectivity index (χ2n) is 7.93. The van der Waals surface area contributed by atoms with Crippen molar-refractivity contribution in [2.45, 2.75) is 20.8 Å². The smallest absolute Gasteiger partial charge is 0.255 e. The van der Waals surface area contributed by atoms with E-state index in [0.29, 0.717) is 34.1 Å². The van der Waals surface area contributed by atoms with Gasteiger partial charge in [-0.1, -0.05) is 18.2 Å². The summed E-state index contributed by atoms with van der Waals surface area (Å²) in [5.41, 5.74) is 18.1. The van der Waals surface area contributed by atoms with Crippen molar-refractivity contribution >= 4 is 28.7 Å². The van der Waals surface area contributed by atoms with Crippen LogP contribution >= 0.6 is 0 Å². The maximum Gasteiger partial charge on any atom is 0.255 e. The second kappa shape index (κ2) is 8.74. The van der Waals surface area contributed by atoms with Crippen LogP contribution in [0.3, 0.4) is 0 Å². The molecular formula is C25H27N5O3. The number of imidazole rings is 1. The van der Waals surface area contributed by atoms with Gasteiger partial charge in [0.2, 0.25) is 0 Å². The zero-order valence-electron chi connectivity index (χ0n) is 19.1. The summed E-state index contributed by atoms with van der Waals surface area (Å²) in [4.78, 5) is 16.3. The molecule has 170 valence electrons. The van der Waals surface area contributed by atoms with Crippen molar-refractivity contribution in [3.63, 3.8) is 0 Å². The largest absolute Gasteiger partial charge is 0.497 e. The minimum absolute atomic E-state index is 0.269. The average molecular weight is 446 g/mol. The van der Waals surface area contributed by atoms with Gasteiger partial charge in [-0.2, -0.15) is 0 Å². The van der Waals surface area contributed by atoms with Crippen LogP contribution in [0.25, 0.3) is 16.9 Å². The molecule has 0 unspecified atom stereocenters. The van der Waals surface area contributed by atoms with Crippen molar-refractivity contribution in [2.75, 3.05) is 24.8 Å². The Balaban J connectivity index is 1.99. The van der Waals surface area contributed by atoms with Gasteiger partial charge in [0, 0.05) is 23.5 Å². The number of aryl methyl sites for hydroxylation is 3. The van der Waals surface area contributed by atoms with Crippen LogP contribution < -0.4 is 26.3 Å². The molecule has 8 heteroatoms. The van der Waals surface area contributed by atoms with Gasteiger partial charge in [-0.05, 0) is 55.7 Å². The molecule has 0 atom stereocenters. The average Bonchev–Trinajstić information content (AvgIpc) is 3.13. The topological polar surface area (TPSA) is 117 Å². The Morgan fingerprint density at radius 2 is 1.82 bits per heavy atom. The first kappa shape index (κ1) is 22.0. The van der Waals surface area contributed by atoms with Gasteiger partial charge in [0.25, 0.3) is 5.91 Å². The lowest BCUT2D eigenvalue weighted by atomic mass is 10.0. The fraction of sp³-hybridized carbons (Fsp3) is 0.200. The molecule has 2 aromatic carbocycles. The van der Waals surface area contributed by atoms with Crippen LogP contribution in [0.15, 0.2) is 48.7 Å². The number of benzene rings is 2. The molecule has 0 radical (unpaired) electrons. The van der Waals surface area contributed by atoms with Gasteiger partial charge in [0.15, 0.2) is 12.3 Å². The highest BCUT2D eigenvalue weighted by atomic mass is 16.5. The highest BCUT2D eigenvalue weighted by molar-refractivity contribution is 5.88. The number of primary amides is 1. The van der Waals surface area contributed by atoms with E-state index in [1.807, 2.05) is 61.7 Å². The number of fused-ring (bicyclic) bond motifs is 1. The summed E-state index contributed by atoms with van der Waals surface area (Å²) in [7, 11) is 1.58. The minimum Gasteiger partial charge on any atom is -0.497 e. The molecule has 0 aliphatic heterocycles. The number of aromatic nitrogens is 2. The molecule has 33 heavy (non-hydrogen) atoms. The highest BCUT2D eigenvalue weighted by Crippen LogP contribution is 2.42. The first-order chi connectivity index (χ1) is 15.8. The molecule has 0 aliphatic carbocycles. The molecule has 2 aromatic heterocycles. The number of hydrogen-bond donors (Lipinski definition) is 3. The van der Waals surface area contributed by atoms with E-state index in [0.717, 1.165) is 28.2 Å². The van der Waals surface area contributed by atoms with Crippen molar-refractivity contribution in [2.24, 2.45) is 5.73 Å². The van der Waals surface area contributed by atoms with Gasteiger partial charge in [0.1, 0.15) is 23.0 Å². The van der Waals surface area contributed by atoms with Crippen molar-refractivity contribution in [1.82, 2.24) is 9.38 Å². The minimum atomic E-state index is -0.574. The van der Waals surface area contributed by atoms with Crippen molar-refractivity contribution in [1.29, 1.82) is 0 Å². The Hall–Kier alpha value is -4.20. The fourth-order valence-electron chi connectivity index (χ4n) is 3.92. The first-order valence-corrected chi connectivity index (χ1v) is 10.5. The van der Waals surface area contributed by atoms with Gasteiger partial charge >= 0.3 is 0 Å². The summed E-state index contributed by atoms with van der Waals surface area (Å²) in [6.07, 6.45) is 1.90. The molecular weight excluding hydrogens is 418 g/mol. The third-order valence-corrected chi connectivity index (χ3v) is 5.52. The van der Waals surface area contributed by atoms with Crippen LogP contribution in [0.5, 0.6) is 11.5 Å². The van der Waals surface area contributed by atoms with Crippen LogP contribution in [-0.2, 0) is 4.79 Å². The van der Waals surface area contributed by atoms with E-state index in [4.69, 9.17) is 25.9 Å². The maximum atomic E-state index is 11.4. The Bertz CT molecular complexity index is 1340. The quantitative estimate of drug-likeness (QED) is 0.394. The number of methoxy groups -OCH3 is 1. The van der Waals surface area contributed by atoms with Gasteiger partial charge in [-0.3, -0.25) is 9.20 Å². The van der Waals surface area contributed by atoms with Gasteiger partial charge < -0.3 is 26.3 Å². The summed E-state index contributed by atoms with van der Waals surface area (Å²) in [6, 6.07) is 13.4.